The van der Waals surface area contributed by atoms with Crippen LogP contribution in [-0.4, -0.2) is 27.0 Å². The number of anilines is 2. The molecule has 0 aliphatic carbocycles. The van der Waals surface area contributed by atoms with E-state index < -0.39 is 5.91 Å². The van der Waals surface area contributed by atoms with Gasteiger partial charge in [-0.1, -0.05) is 18.2 Å². The Morgan fingerprint density at radius 2 is 2.06 bits per heavy atom. The number of amides is 1. The van der Waals surface area contributed by atoms with E-state index in [2.05, 4.69) is 10.6 Å². The summed E-state index contributed by atoms with van der Waals surface area (Å²) >= 11 is 0. The highest BCUT2D eigenvalue weighted by Gasteiger charge is 2.21. The SMILES string of the molecule is Cc1cc2c(C(N)=O)cccc2n1-c1nc2c(c(NCc3cccc(F)c3)n1)CCCN2. The van der Waals surface area contributed by atoms with Crippen LogP contribution >= 0.6 is 0 Å². The maximum Gasteiger partial charge on any atom is 0.249 e. The topological polar surface area (TPSA) is 97.9 Å². The summed E-state index contributed by atoms with van der Waals surface area (Å²) in [5.74, 6) is 1.26. The molecule has 7 nitrogen and oxygen atoms in total. The fraction of sp³-hybridized carbons (Fsp3) is 0.208. The van der Waals surface area contributed by atoms with E-state index in [9.17, 15) is 9.18 Å². The van der Waals surface area contributed by atoms with Crippen molar-refractivity contribution in [3.63, 3.8) is 0 Å². The molecule has 0 saturated carbocycles. The van der Waals surface area contributed by atoms with Crippen LogP contribution in [0.15, 0.2) is 48.5 Å². The molecule has 5 rings (SSSR count). The molecule has 3 heterocycles. The van der Waals surface area contributed by atoms with E-state index in [1.807, 2.05) is 29.7 Å². The number of fused-ring (bicyclic) bond motifs is 2. The Labute approximate surface area is 184 Å². The van der Waals surface area contributed by atoms with Crippen LogP contribution in [0.5, 0.6) is 0 Å². The molecule has 0 saturated heterocycles. The maximum absolute atomic E-state index is 13.6. The van der Waals surface area contributed by atoms with E-state index in [1.165, 1.54) is 12.1 Å². The number of aromatic nitrogens is 3. The lowest BCUT2D eigenvalue weighted by molar-refractivity contribution is 0.100. The number of carbonyl (C=O) groups is 1. The number of hydrogen-bond donors (Lipinski definition) is 3. The number of aryl methyl sites for hydroxylation is 1. The Balaban J connectivity index is 1.61. The van der Waals surface area contributed by atoms with E-state index in [4.69, 9.17) is 15.7 Å². The average Bonchev–Trinajstić information content (AvgIpc) is 3.13. The van der Waals surface area contributed by atoms with Crippen molar-refractivity contribution in [2.75, 3.05) is 17.2 Å². The summed E-state index contributed by atoms with van der Waals surface area (Å²) < 4.78 is 15.5. The van der Waals surface area contributed by atoms with Gasteiger partial charge in [-0.3, -0.25) is 9.36 Å². The Morgan fingerprint density at radius 1 is 1.22 bits per heavy atom. The van der Waals surface area contributed by atoms with Gasteiger partial charge in [-0.2, -0.15) is 9.97 Å². The second-order valence-electron chi connectivity index (χ2n) is 7.94. The summed E-state index contributed by atoms with van der Waals surface area (Å²) in [7, 11) is 0. The summed E-state index contributed by atoms with van der Waals surface area (Å²) in [6.45, 7) is 3.22. The minimum absolute atomic E-state index is 0.268. The molecule has 0 fully saturated rings. The monoisotopic (exact) mass is 430 g/mol. The number of carbonyl (C=O) groups excluding carboxylic acids is 1. The number of primary amides is 1. The number of benzene rings is 2. The van der Waals surface area contributed by atoms with Crippen LogP contribution in [0.3, 0.4) is 0 Å². The summed E-state index contributed by atoms with van der Waals surface area (Å²) in [5.41, 5.74) is 9.58. The molecule has 8 heteroatoms. The van der Waals surface area contributed by atoms with Crippen LogP contribution in [-0.2, 0) is 13.0 Å². The highest BCUT2D eigenvalue weighted by atomic mass is 19.1. The number of nitrogens with zero attached hydrogens (tertiary/aromatic N) is 3. The highest BCUT2D eigenvalue weighted by molar-refractivity contribution is 6.06. The normalized spacial score (nSPS) is 12.9. The van der Waals surface area contributed by atoms with Crippen LogP contribution in [0.2, 0.25) is 0 Å². The molecule has 4 aromatic rings. The minimum atomic E-state index is -0.474. The van der Waals surface area contributed by atoms with Gasteiger partial charge in [0.1, 0.15) is 17.5 Å². The van der Waals surface area contributed by atoms with E-state index in [-0.39, 0.29) is 5.82 Å². The second kappa shape index (κ2) is 7.96. The van der Waals surface area contributed by atoms with Gasteiger partial charge in [-0.25, -0.2) is 4.39 Å². The first kappa shape index (κ1) is 20.0. The van der Waals surface area contributed by atoms with Crippen LogP contribution in [0.25, 0.3) is 16.9 Å². The van der Waals surface area contributed by atoms with Crippen molar-refractivity contribution in [1.82, 2.24) is 14.5 Å². The van der Waals surface area contributed by atoms with E-state index >= 15 is 0 Å². The lowest BCUT2D eigenvalue weighted by atomic mass is 10.1. The molecule has 1 aliphatic heterocycles. The Bertz CT molecular complexity index is 1350. The number of rotatable bonds is 5. The minimum Gasteiger partial charge on any atom is -0.370 e. The maximum atomic E-state index is 13.6. The molecular weight excluding hydrogens is 407 g/mol. The summed E-state index contributed by atoms with van der Waals surface area (Å²) in [6, 6.07) is 13.9. The van der Waals surface area contributed by atoms with Gasteiger partial charge in [0.25, 0.3) is 0 Å². The molecule has 32 heavy (non-hydrogen) atoms. The van der Waals surface area contributed by atoms with Gasteiger partial charge in [-0.05, 0) is 55.7 Å². The number of hydrogen-bond acceptors (Lipinski definition) is 5. The lowest BCUT2D eigenvalue weighted by Gasteiger charge is -2.22. The van der Waals surface area contributed by atoms with E-state index in [0.29, 0.717) is 23.9 Å². The van der Waals surface area contributed by atoms with Gasteiger partial charge in [0.15, 0.2) is 0 Å². The number of halogens is 1. The summed E-state index contributed by atoms with van der Waals surface area (Å²) in [5, 5.41) is 7.51. The predicted molar refractivity (Wildman–Crippen MR) is 123 cm³/mol. The van der Waals surface area contributed by atoms with E-state index in [1.54, 1.807) is 18.2 Å². The molecule has 2 aromatic carbocycles. The van der Waals surface area contributed by atoms with Crippen LogP contribution < -0.4 is 16.4 Å². The number of nitrogens with two attached hydrogens (primary N) is 1. The zero-order valence-electron chi connectivity index (χ0n) is 17.7. The molecule has 4 N–H and O–H groups in total. The smallest absolute Gasteiger partial charge is 0.249 e. The van der Waals surface area contributed by atoms with Crippen molar-refractivity contribution >= 4 is 28.4 Å². The van der Waals surface area contributed by atoms with Crippen molar-refractivity contribution < 1.29 is 9.18 Å². The third kappa shape index (κ3) is 3.53. The molecular formula is C24H23FN6O. The largest absolute Gasteiger partial charge is 0.370 e. The molecule has 1 amide bonds. The first-order chi connectivity index (χ1) is 15.5. The molecule has 162 valence electrons. The van der Waals surface area contributed by atoms with Gasteiger partial charge < -0.3 is 16.4 Å². The first-order valence-corrected chi connectivity index (χ1v) is 10.6. The summed E-state index contributed by atoms with van der Waals surface area (Å²) in [4.78, 5) is 21.5. The van der Waals surface area contributed by atoms with Crippen LogP contribution in [0.4, 0.5) is 16.0 Å². The molecule has 1 aliphatic rings. The van der Waals surface area contributed by atoms with Gasteiger partial charge in [0.2, 0.25) is 11.9 Å². The van der Waals surface area contributed by atoms with Crippen molar-refractivity contribution in [3.8, 4) is 5.95 Å². The summed E-state index contributed by atoms with van der Waals surface area (Å²) in [6.07, 6.45) is 1.84. The van der Waals surface area contributed by atoms with Crippen molar-refractivity contribution in [2.24, 2.45) is 5.73 Å². The van der Waals surface area contributed by atoms with Gasteiger partial charge >= 0.3 is 0 Å². The number of nitrogens with one attached hydrogen (secondary N) is 2. The van der Waals surface area contributed by atoms with Crippen molar-refractivity contribution in [3.05, 3.63) is 76.7 Å². The second-order valence-corrected chi connectivity index (χ2v) is 7.94. The molecule has 0 unspecified atom stereocenters. The van der Waals surface area contributed by atoms with Crippen molar-refractivity contribution in [1.29, 1.82) is 0 Å². The molecule has 0 spiro atoms. The fourth-order valence-electron chi connectivity index (χ4n) is 4.25. The molecule has 2 aromatic heterocycles. The third-order valence-electron chi connectivity index (χ3n) is 5.74. The lowest BCUT2D eigenvalue weighted by Crippen LogP contribution is -2.19. The van der Waals surface area contributed by atoms with Gasteiger partial charge in [0.05, 0.1) is 5.52 Å². The fourth-order valence-corrected chi connectivity index (χ4v) is 4.25. The third-order valence-corrected chi connectivity index (χ3v) is 5.74. The average molecular weight is 430 g/mol. The standard InChI is InChI=1S/C24H23FN6O/c1-14-11-19-17(21(26)32)7-3-9-20(19)31(14)24-29-22-18(8-4-10-27-22)23(30-24)28-13-15-5-2-6-16(25)12-15/h2-3,5-7,9,11-12H,4,8,10,13H2,1H3,(H2,26,32)(H2,27,28,29,30). The van der Waals surface area contributed by atoms with Gasteiger partial charge in [-0.15, -0.1) is 0 Å². The van der Waals surface area contributed by atoms with Crippen LogP contribution in [0.1, 0.15) is 33.6 Å². The van der Waals surface area contributed by atoms with Crippen LogP contribution in [0, 0.1) is 12.7 Å². The zero-order chi connectivity index (χ0) is 22.2. The molecule has 0 atom stereocenters. The van der Waals surface area contributed by atoms with E-state index in [0.717, 1.165) is 52.9 Å². The van der Waals surface area contributed by atoms with Gasteiger partial charge in [0, 0.05) is 35.3 Å². The molecule has 0 radical (unpaired) electrons. The first-order valence-electron chi connectivity index (χ1n) is 10.6. The highest BCUT2D eigenvalue weighted by Crippen LogP contribution is 2.31. The predicted octanol–water partition coefficient (Wildman–Crippen LogP) is 3.94. The Hall–Kier alpha value is -3.94. The quantitative estimate of drug-likeness (QED) is 0.446. The zero-order valence-corrected chi connectivity index (χ0v) is 17.7. The van der Waals surface area contributed by atoms with Crippen molar-refractivity contribution in [2.45, 2.75) is 26.3 Å². The molecule has 0 bridgehead atoms. The Morgan fingerprint density at radius 3 is 2.88 bits per heavy atom. The Kier molecular flexibility index (Phi) is 4.97.